The third kappa shape index (κ3) is 4.87. The van der Waals surface area contributed by atoms with Crippen LogP contribution in [0.2, 0.25) is 0 Å². The smallest absolute Gasteiger partial charge is 0.407 e. The number of carbonyl (C=O) groups is 1. The fourth-order valence-corrected chi connectivity index (χ4v) is 5.09. The molecule has 0 radical (unpaired) electrons. The van der Waals surface area contributed by atoms with Crippen molar-refractivity contribution in [3.8, 4) is 0 Å². The van der Waals surface area contributed by atoms with Gasteiger partial charge in [-0.05, 0) is 76.6 Å². The van der Waals surface area contributed by atoms with Crippen LogP contribution >= 0.6 is 0 Å². The van der Waals surface area contributed by atoms with Crippen molar-refractivity contribution < 1.29 is 9.53 Å². The number of amides is 1. The van der Waals surface area contributed by atoms with Gasteiger partial charge in [-0.2, -0.15) is 0 Å². The van der Waals surface area contributed by atoms with Crippen molar-refractivity contribution in [3.05, 3.63) is 23.4 Å². The number of anilines is 1. The Bertz CT molecular complexity index is 742. The van der Waals surface area contributed by atoms with E-state index in [-0.39, 0.29) is 18.4 Å². The second-order valence-electron chi connectivity index (χ2n) is 9.11. The largest absolute Gasteiger partial charge is 0.446 e. The fourth-order valence-electron chi connectivity index (χ4n) is 5.09. The van der Waals surface area contributed by atoms with E-state index >= 15 is 0 Å². The van der Waals surface area contributed by atoms with E-state index < -0.39 is 0 Å². The lowest BCUT2D eigenvalue weighted by molar-refractivity contribution is 0.0976. The zero-order chi connectivity index (χ0) is 21.1. The lowest BCUT2D eigenvalue weighted by Gasteiger charge is -2.20. The second kappa shape index (κ2) is 9.49. The van der Waals surface area contributed by atoms with Gasteiger partial charge < -0.3 is 20.3 Å². The third-order valence-electron chi connectivity index (χ3n) is 6.69. The first-order valence-electron chi connectivity index (χ1n) is 11.4. The van der Waals surface area contributed by atoms with Crippen LogP contribution in [0, 0.1) is 5.92 Å². The average Bonchev–Trinajstić information content (AvgIpc) is 3.45. The molecule has 2 aliphatic carbocycles. The van der Waals surface area contributed by atoms with E-state index in [9.17, 15) is 4.79 Å². The molecule has 2 unspecified atom stereocenters. The van der Waals surface area contributed by atoms with Gasteiger partial charge in [0, 0.05) is 24.3 Å². The predicted molar refractivity (Wildman–Crippen MR) is 117 cm³/mol. The van der Waals surface area contributed by atoms with E-state index in [2.05, 4.69) is 52.6 Å². The molecule has 1 aliphatic heterocycles. The Hall–Kier alpha value is -1.90. The van der Waals surface area contributed by atoms with Gasteiger partial charge in [0.15, 0.2) is 0 Å². The Labute approximate surface area is 179 Å². The number of fused-ring (bicyclic) bond motifs is 1. The molecule has 2 fully saturated rings. The van der Waals surface area contributed by atoms with Crippen molar-refractivity contribution in [3.63, 3.8) is 0 Å². The molecule has 1 aromatic heterocycles. The second-order valence-corrected chi connectivity index (χ2v) is 9.11. The summed E-state index contributed by atoms with van der Waals surface area (Å²) >= 11 is 0. The minimum Gasteiger partial charge on any atom is -0.446 e. The summed E-state index contributed by atoms with van der Waals surface area (Å²) in [6, 6.07) is 5.19. The van der Waals surface area contributed by atoms with E-state index in [4.69, 9.17) is 9.72 Å². The van der Waals surface area contributed by atoms with Crippen LogP contribution in [0.3, 0.4) is 0 Å². The first-order chi connectivity index (χ1) is 14.5. The molecule has 8 nitrogen and oxygen atoms in total. The Morgan fingerprint density at radius 1 is 1.23 bits per heavy atom. The highest BCUT2D eigenvalue weighted by Crippen LogP contribution is 2.35. The molecule has 4 rings (SSSR count). The zero-order valence-electron chi connectivity index (χ0n) is 18.4. The maximum Gasteiger partial charge on any atom is 0.407 e. The molecule has 1 amide bonds. The molecular formula is C22H36N6O2. The Balaban J connectivity index is 1.25. The molecule has 8 heteroatoms. The van der Waals surface area contributed by atoms with Crippen LogP contribution in [0.1, 0.15) is 62.7 Å². The zero-order valence-corrected chi connectivity index (χ0v) is 18.4. The molecule has 30 heavy (non-hydrogen) atoms. The summed E-state index contributed by atoms with van der Waals surface area (Å²) in [5, 5.41) is 6.34. The summed E-state index contributed by atoms with van der Waals surface area (Å²) in [6.07, 6.45) is 6.95. The monoisotopic (exact) mass is 416 g/mol. The Morgan fingerprint density at radius 3 is 2.90 bits per heavy atom. The number of hydrogen-bond donors (Lipinski definition) is 4. The van der Waals surface area contributed by atoms with Gasteiger partial charge in [0.2, 0.25) is 0 Å². The molecule has 166 valence electrons. The molecule has 2 heterocycles. The number of pyridine rings is 1. The summed E-state index contributed by atoms with van der Waals surface area (Å²) in [6.45, 7) is 2.71. The minimum atomic E-state index is -0.279. The van der Waals surface area contributed by atoms with E-state index in [1.165, 1.54) is 11.3 Å². The molecule has 0 bridgehead atoms. The number of aromatic nitrogens is 1. The van der Waals surface area contributed by atoms with Crippen LogP contribution in [0.5, 0.6) is 0 Å². The van der Waals surface area contributed by atoms with Gasteiger partial charge in [0.1, 0.15) is 11.9 Å². The van der Waals surface area contributed by atoms with E-state index in [0.29, 0.717) is 24.5 Å². The number of nitrogens with zero attached hydrogens (tertiary/aromatic N) is 2. The van der Waals surface area contributed by atoms with Crippen molar-refractivity contribution in [2.75, 3.05) is 26.0 Å². The van der Waals surface area contributed by atoms with Gasteiger partial charge in [-0.25, -0.2) is 15.2 Å². The molecule has 5 atom stereocenters. The van der Waals surface area contributed by atoms with Crippen LogP contribution < -0.4 is 21.5 Å². The topological polar surface area (TPSA) is 90.5 Å². The minimum absolute atomic E-state index is 0.0312. The van der Waals surface area contributed by atoms with E-state index in [0.717, 1.165) is 50.8 Å². The first-order valence-corrected chi connectivity index (χ1v) is 11.4. The van der Waals surface area contributed by atoms with Crippen molar-refractivity contribution in [1.82, 2.24) is 26.1 Å². The third-order valence-corrected chi connectivity index (χ3v) is 6.69. The summed E-state index contributed by atoms with van der Waals surface area (Å²) < 4.78 is 5.57. The van der Waals surface area contributed by atoms with Crippen molar-refractivity contribution in [2.45, 2.75) is 76.2 Å². The van der Waals surface area contributed by atoms with Crippen LogP contribution in [0.15, 0.2) is 12.1 Å². The van der Waals surface area contributed by atoms with Gasteiger partial charge in [-0.3, -0.25) is 5.43 Å². The molecule has 1 aromatic rings. The molecule has 0 spiro atoms. The number of aryl methyl sites for hydroxylation is 1. The standard InChI is InChI=1S/C22H36N6O2/c1-4-11-23-22(29)30-15-6-5-14(12-15)18-13-21(27-26-18)25-20-10-7-16-17(24-20)8-9-19(16)28(2)3/h7,10,14-15,18-19,21,26-27H,4-6,8-9,11-13H2,1-3H3,(H,23,29)(H,24,25)/t14-,15+,18?,19+,21?/m1/s1. The molecule has 1 saturated carbocycles. The van der Waals surface area contributed by atoms with Gasteiger partial charge in [-0.1, -0.05) is 13.0 Å². The number of hydrazine groups is 1. The van der Waals surface area contributed by atoms with Gasteiger partial charge in [0.25, 0.3) is 0 Å². The summed E-state index contributed by atoms with van der Waals surface area (Å²) in [5.41, 5.74) is 9.41. The van der Waals surface area contributed by atoms with Gasteiger partial charge >= 0.3 is 6.09 Å². The first kappa shape index (κ1) is 21.3. The number of nitrogens with one attached hydrogen (secondary N) is 4. The van der Waals surface area contributed by atoms with Crippen LogP contribution in [0.4, 0.5) is 10.6 Å². The van der Waals surface area contributed by atoms with E-state index in [1.54, 1.807) is 0 Å². The maximum atomic E-state index is 11.8. The van der Waals surface area contributed by atoms with Crippen molar-refractivity contribution >= 4 is 11.9 Å². The normalized spacial score (nSPS) is 30.5. The predicted octanol–water partition coefficient (Wildman–Crippen LogP) is 2.54. The Kier molecular flexibility index (Phi) is 6.75. The lowest BCUT2D eigenvalue weighted by atomic mass is 9.96. The van der Waals surface area contributed by atoms with Crippen molar-refractivity contribution in [1.29, 1.82) is 0 Å². The molecular weight excluding hydrogens is 380 g/mol. The SMILES string of the molecule is CCCNC(=O)O[C@H]1CC[C@@H](C2CC(Nc3ccc4c(n3)CC[C@@H]4N(C)C)NN2)C1. The summed E-state index contributed by atoms with van der Waals surface area (Å²) in [4.78, 5) is 18.9. The maximum absolute atomic E-state index is 11.8. The number of carbonyl (C=O) groups excluding carboxylic acids is 1. The number of hydrogen-bond acceptors (Lipinski definition) is 7. The number of rotatable bonds is 7. The van der Waals surface area contributed by atoms with Gasteiger partial charge in [0.05, 0.1) is 6.17 Å². The van der Waals surface area contributed by atoms with Crippen molar-refractivity contribution in [2.24, 2.45) is 5.92 Å². The van der Waals surface area contributed by atoms with E-state index in [1.807, 2.05) is 6.92 Å². The number of alkyl carbamates (subject to hydrolysis) is 1. The molecule has 1 saturated heterocycles. The highest BCUT2D eigenvalue weighted by Gasteiger charge is 2.37. The highest BCUT2D eigenvalue weighted by atomic mass is 16.6. The van der Waals surface area contributed by atoms with Gasteiger partial charge in [-0.15, -0.1) is 0 Å². The summed E-state index contributed by atoms with van der Waals surface area (Å²) in [7, 11) is 4.27. The van der Waals surface area contributed by atoms with Crippen LogP contribution in [0.25, 0.3) is 0 Å². The molecule has 0 aromatic carbocycles. The summed E-state index contributed by atoms with van der Waals surface area (Å²) in [5.74, 6) is 1.45. The molecule has 4 N–H and O–H groups in total. The lowest BCUT2D eigenvalue weighted by Crippen LogP contribution is -2.39. The highest BCUT2D eigenvalue weighted by molar-refractivity contribution is 5.67. The van der Waals surface area contributed by atoms with Crippen LogP contribution in [-0.2, 0) is 11.2 Å². The number of ether oxygens (including phenoxy) is 1. The Morgan fingerprint density at radius 2 is 2.10 bits per heavy atom. The fraction of sp³-hybridized carbons (Fsp3) is 0.727. The van der Waals surface area contributed by atoms with Crippen LogP contribution in [-0.4, -0.2) is 54.9 Å². The molecule has 3 aliphatic rings. The quantitative estimate of drug-likeness (QED) is 0.543. The average molecular weight is 417 g/mol.